The standard InChI is InChI=1S/C41H50O15/c1-23-19-30(17-18-31(51-26(4)42)32(52-27(5)43)20-35(44)48-23)53-36-21-33(47-6)38(24(2)49-36)55-37-22-34(54-40(45)28-13-9-7-10-14-28)39(25(3)50-37)56-41(46)29-15-11-8-12-16-29/h7-18,23-25,30-34,36-39H,19-22H2,1-6H3/b18-17+/t23-,24-,25-,30-,31+,32+,33-,34+,36+,37-,38-,39-/m1/s1. The summed E-state index contributed by atoms with van der Waals surface area (Å²) in [6.07, 6.45) is -6.19. The zero-order chi connectivity index (χ0) is 40.4. The summed E-state index contributed by atoms with van der Waals surface area (Å²) in [6.45, 7) is 7.62. The Labute approximate surface area is 325 Å². The largest absolute Gasteiger partial charge is 0.462 e. The number of esters is 5. The van der Waals surface area contributed by atoms with Crippen LogP contribution in [0.4, 0.5) is 0 Å². The van der Waals surface area contributed by atoms with Gasteiger partial charge in [-0.1, -0.05) is 42.5 Å². The van der Waals surface area contributed by atoms with Gasteiger partial charge in [0, 0.05) is 40.2 Å². The van der Waals surface area contributed by atoms with E-state index >= 15 is 0 Å². The SMILES string of the molecule is CO[C@@H]1C[C@H](O[C@@H]2/C=C/[C@H](OC(C)=O)[C@@H](OC(C)=O)CC(=O)O[C@H](C)C2)O[C@H](C)[C@H]1O[C@@H]1C[C@H](OC(=O)c2ccccc2)[C@H](OC(=O)c2ccccc2)[C@@H](C)O1. The van der Waals surface area contributed by atoms with Crippen molar-refractivity contribution in [3.05, 3.63) is 83.9 Å². The smallest absolute Gasteiger partial charge is 0.338 e. The van der Waals surface area contributed by atoms with E-state index in [0.29, 0.717) is 11.1 Å². The minimum Gasteiger partial charge on any atom is -0.462 e. The van der Waals surface area contributed by atoms with Gasteiger partial charge >= 0.3 is 29.8 Å². The fraction of sp³-hybridized carbons (Fsp3) is 0.537. The Kier molecular flexibility index (Phi) is 15.1. The van der Waals surface area contributed by atoms with Gasteiger partial charge in [-0.05, 0) is 51.1 Å². The maximum atomic E-state index is 13.2. The normalized spacial score (nSPS) is 32.9. The number of hydrogen-bond donors (Lipinski definition) is 0. The van der Waals surface area contributed by atoms with Gasteiger partial charge in [0.25, 0.3) is 0 Å². The lowest BCUT2D eigenvalue weighted by molar-refractivity contribution is -0.316. The second kappa shape index (κ2) is 20.0. The fourth-order valence-electron chi connectivity index (χ4n) is 6.90. The topological polar surface area (TPSA) is 178 Å². The highest BCUT2D eigenvalue weighted by atomic mass is 16.7. The lowest BCUT2D eigenvalue weighted by Crippen LogP contribution is -2.56. The molecule has 0 unspecified atom stereocenters. The maximum Gasteiger partial charge on any atom is 0.338 e. The first-order chi connectivity index (χ1) is 26.8. The van der Waals surface area contributed by atoms with Crippen LogP contribution in [-0.2, 0) is 61.8 Å². The molecule has 2 aromatic carbocycles. The summed E-state index contributed by atoms with van der Waals surface area (Å²) in [7, 11) is 1.54. The third kappa shape index (κ3) is 11.9. The molecule has 0 N–H and O–H groups in total. The van der Waals surface area contributed by atoms with Gasteiger partial charge in [0.1, 0.15) is 18.3 Å². The molecule has 5 rings (SSSR count). The first kappa shape index (κ1) is 42.5. The van der Waals surface area contributed by atoms with Gasteiger partial charge < -0.3 is 47.4 Å². The van der Waals surface area contributed by atoms with Crippen molar-refractivity contribution in [3.8, 4) is 0 Å². The molecule has 0 saturated carbocycles. The van der Waals surface area contributed by atoms with Gasteiger partial charge in [0.05, 0.1) is 42.0 Å². The van der Waals surface area contributed by atoms with E-state index in [1.165, 1.54) is 27.0 Å². The first-order valence-corrected chi connectivity index (χ1v) is 18.7. The Bertz CT molecular complexity index is 1670. The Morgan fingerprint density at radius 2 is 1.18 bits per heavy atom. The third-order valence-electron chi connectivity index (χ3n) is 9.47. The highest BCUT2D eigenvalue weighted by Gasteiger charge is 2.46. The molecule has 2 aromatic rings. The molecule has 0 radical (unpaired) electrons. The summed E-state index contributed by atoms with van der Waals surface area (Å²) in [6, 6.07) is 17.0. The lowest BCUT2D eigenvalue weighted by Gasteiger charge is -2.44. The van der Waals surface area contributed by atoms with Crippen molar-refractivity contribution in [1.29, 1.82) is 0 Å². The number of methoxy groups -OCH3 is 1. The number of hydrogen-bond acceptors (Lipinski definition) is 15. The molecule has 2 fully saturated rings. The Morgan fingerprint density at radius 3 is 1.77 bits per heavy atom. The Morgan fingerprint density at radius 1 is 0.625 bits per heavy atom. The van der Waals surface area contributed by atoms with E-state index in [4.69, 9.17) is 47.4 Å². The van der Waals surface area contributed by atoms with Gasteiger partial charge in [-0.3, -0.25) is 14.4 Å². The molecule has 0 bridgehead atoms. The van der Waals surface area contributed by atoms with Gasteiger partial charge in [0.2, 0.25) is 0 Å². The summed E-state index contributed by atoms with van der Waals surface area (Å²) in [4.78, 5) is 62.8. The maximum absolute atomic E-state index is 13.2. The minimum absolute atomic E-state index is 0.0382. The lowest BCUT2D eigenvalue weighted by atomic mass is 9.99. The van der Waals surface area contributed by atoms with Crippen LogP contribution in [-0.4, -0.2) is 111 Å². The van der Waals surface area contributed by atoms with Crippen LogP contribution in [0.3, 0.4) is 0 Å². The van der Waals surface area contributed by atoms with Crippen LogP contribution in [0.15, 0.2) is 72.8 Å². The second-order valence-electron chi connectivity index (χ2n) is 14.0. The number of ether oxygens (including phenoxy) is 10. The van der Waals surface area contributed by atoms with Crippen LogP contribution in [0.2, 0.25) is 0 Å². The van der Waals surface area contributed by atoms with Crippen molar-refractivity contribution in [3.63, 3.8) is 0 Å². The summed E-state index contributed by atoms with van der Waals surface area (Å²) in [5, 5.41) is 0. The van der Waals surface area contributed by atoms with E-state index in [9.17, 15) is 24.0 Å². The molecule has 15 nitrogen and oxygen atoms in total. The van der Waals surface area contributed by atoms with E-state index in [1.807, 2.05) is 0 Å². The number of benzene rings is 2. The average Bonchev–Trinajstić information content (AvgIpc) is 3.15. The molecule has 0 aromatic heterocycles. The van der Waals surface area contributed by atoms with Crippen molar-refractivity contribution in [2.24, 2.45) is 0 Å². The zero-order valence-electron chi connectivity index (χ0n) is 32.3. The molecule has 15 heteroatoms. The number of carbonyl (C=O) groups excluding carboxylic acids is 5. The van der Waals surface area contributed by atoms with E-state index in [0.717, 1.165) is 0 Å². The molecule has 56 heavy (non-hydrogen) atoms. The second-order valence-corrected chi connectivity index (χ2v) is 14.0. The molecular formula is C41H50O15. The van der Waals surface area contributed by atoms with Gasteiger partial charge in [-0.15, -0.1) is 0 Å². The molecule has 0 aliphatic carbocycles. The third-order valence-corrected chi connectivity index (χ3v) is 9.47. The quantitative estimate of drug-likeness (QED) is 0.175. The molecule has 12 atom stereocenters. The first-order valence-electron chi connectivity index (χ1n) is 18.7. The van der Waals surface area contributed by atoms with Gasteiger partial charge in [-0.2, -0.15) is 0 Å². The predicted molar refractivity (Wildman–Crippen MR) is 195 cm³/mol. The van der Waals surface area contributed by atoms with Crippen LogP contribution in [0.5, 0.6) is 0 Å². The minimum atomic E-state index is -1.11. The van der Waals surface area contributed by atoms with Crippen molar-refractivity contribution >= 4 is 29.8 Å². The number of rotatable bonds is 11. The predicted octanol–water partition coefficient (Wildman–Crippen LogP) is 4.64. The monoisotopic (exact) mass is 782 g/mol. The molecule has 2 saturated heterocycles. The van der Waals surface area contributed by atoms with E-state index in [1.54, 1.807) is 87.5 Å². The van der Waals surface area contributed by atoms with Gasteiger partial charge in [-0.25, -0.2) is 9.59 Å². The molecule has 3 aliphatic rings. The summed E-state index contributed by atoms with van der Waals surface area (Å²) in [5.74, 6) is -3.09. The van der Waals surface area contributed by atoms with Gasteiger partial charge in [0.15, 0.2) is 30.9 Å². The Balaban J connectivity index is 1.28. The number of carbonyl (C=O) groups is 5. The molecule has 304 valence electrons. The van der Waals surface area contributed by atoms with Crippen molar-refractivity contribution in [2.75, 3.05) is 7.11 Å². The van der Waals surface area contributed by atoms with E-state index in [2.05, 4.69) is 0 Å². The summed E-state index contributed by atoms with van der Waals surface area (Å²) in [5.41, 5.74) is 0.673. The van der Waals surface area contributed by atoms with E-state index < -0.39 is 103 Å². The van der Waals surface area contributed by atoms with Crippen LogP contribution < -0.4 is 0 Å². The van der Waals surface area contributed by atoms with Crippen LogP contribution in [0, 0.1) is 0 Å². The molecule has 3 heterocycles. The fourth-order valence-corrected chi connectivity index (χ4v) is 6.90. The molecule has 0 spiro atoms. The summed E-state index contributed by atoms with van der Waals surface area (Å²) < 4.78 is 59.3. The molecule has 0 amide bonds. The van der Waals surface area contributed by atoms with Crippen molar-refractivity contribution in [2.45, 2.75) is 134 Å². The van der Waals surface area contributed by atoms with Crippen LogP contribution in [0.25, 0.3) is 0 Å². The van der Waals surface area contributed by atoms with Crippen molar-refractivity contribution < 1.29 is 71.3 Å². The van der Waals surface area contributed by atoms with Crippen LogP contribution in [0.1, 0.15) is 81.0 Å². The Hall–Kier alpha value is -4.67. The van der Waals surface area contributed by atoms with E-state index in [-0.39, 0.29) is 25.7 Å². The van der Waals surface area contributed by atoms with Crippen molar-refractivity contribution in [1.82, 2.24) is 0 Å². The molecule has 3 aliphatic heterocycles. The highest BCUT2D eigenvalue weighted by Crippen LogP contribution is 2.33. The zero-order valence-corrected chi connectivity index (χ0v) is 32.3. The van der Waals surface area contributed by atoms with Crippen LogP contribution >= 0.6 is 0 Å². The summed E-state index contributed by atoms with van der Waals surface area (Å²) >= 11 is 0. The molecular weight excluding hydrogens is 732 g/mol. The number of cyclic esters (lactones) is 1. The average molecular weight is 783 g/mol. The highest BCUT2D eigenvalue weighted by molar-refractivity contribution is 5.90.